The van der Waals surface area contributed by atoms with Gasteiger partial charge in [0.25, 0.3) is 0 Å². The second-order valence-corrected chi connectivity index (χ2v) is 4.66. The van der Waals surface area contributed by atoms with E-state index in [2.05, 4.69) is 33.9 Å². The summed E-state index contributed by atoms with van der Waals surface area (Å²) in [5.74, 6) is 0.572. The van der Waals surface area contributed by atoms with Crippen LogP contribution in [0.2, 0.25) is 0 Å². The number of nitrogens with zero attached hydrogens (tertiary/aromatic N) is 3. The van der Waals surface area contributed by atoms with E-state index in [1.807, 2.05) is 25.1 Å². The lowest BCUT2D eigenvalue weighted by Crippen LogP contribution is -2.23. The average Bonchev–Trinajstić information content (AvgIpc) is 2.38. The zero-order valence-corrected chi connectivity index (χ0v) is 11.5. The van der Waals surface area contributed by atoms with E-state index in [1.54, 1.807) is 6.20 Å². The van der Waals surface area contributed by atoms with E-state index >= 15 is 0 Å². The van der Waals surface area contributed by atoms with Gasteiger partial charge in [-0.25, -0.2) is 4.98 Å². The molecule has 0 aliphatic carbocycles. The summed E-state index contributed by atoms with van der Waals surface area (Å²) in [5.41, 5.74) is 9.05. The van der Waals surface area contributed by atoms with Gasteiger partial charge in [-0.1, -0.05) is 13.0 Å². The van der Waals surface area contributed by atoms with E-state index in [9.17, 15) is 0 Å². The molecule has 2 aromatic rings. The summed E-state index contributed by atoms with van der Waals surface area (Å²) in [6, 6.07) is 10.1. The van der Waals surface area contributed by atoms with Crippen LogP contribution in [0.15, 0.2) is 36.5 Å². The van der Waals surface area contributed by atoms with E-state index in [1.165, 1.54) is 5.56 Å². The molecule has 0 spiro atoms. The van der Waals surface area contributed by atoms with E-state index in [4.69, 9.17) is 5.73 Å². The Labute approximate surface area is 114 Å². The number of aryl methyl sites for hydroxylation is 1. The van der Waals surface area contributed by atoms with Gasteiger partial charge < -0.3 is 5.73 Å². The molecule has 0 radical (unpaired) electrons. The summed E-state index contributed by atoms with van der Waals surface area (Å²) >= 11 is 0. The van der Waals surface area contributed by atoms with Crippen molar-refractivity contribution in [2.45, 2.75) is 26.9 Å². The number of nitrogens with two attached hydrogens (primary N) is 1. The molecule has 100 valence electrons. The van der Waals surface area contributed by atoms with Crippen molar-refractivity contribution in [2.24, 2.45) is 0 Å². The van der Waals surface area contributed by atoms with Gasteiger partial charge in [-0.3, -0.25) is 9.88 Å². The van der Waals surface area contributed by atoms with Crippen molar-refractivity contribution in [1.82, 2.24) is 14.9 Å². The summed E-state index contributed by atoms with van der Waals surface area (Å²) < 4.78 is 0. The van der Waals surface area contributed by atoms with Crippen LogP contribution in [0.25, 0.3) is 0 Å². The normalized spacial score (nSPS) is 10.9. The van der Waals surface area contributed by atoms with Crippen LogP contribution in [0.5, 0.6) is 0 Å². The molecule has 2 heterocycles. The van der Waals surface area contributed by atoms with Crippen molar-refractivity contribution >= 4 is 5.82 Å². The summed E-state index contributed by atoms with van der Waals surface area (Å²) in [7, 11) is 0. The summed E-state index contributed by atoms with van der Waals surface area (Å²) in [6.45, 7) is 6.85. The molecule has 0 saturated heterocycles. The topological polar surface area (TPSA) is 55.0 Å². The number of rotatable bonds is 5. The quantitative estimate of drug-likeness (QED) is 0.892. The summed E-state index contributed by atoms with van der Waals surface area (Å²) in [5, 5.41) is 0. The third-order valence-corrected chi connectivity index (χ3v) is 3.03. The molecule has 0 fully saturated rings. The van der Waals surface area contributed by atoms with Crippen molar-refractivity contribution in [3.05, 3.63) is 53.5 Å². The van der Waals surface area contributed by atoms with Crippen LogP contribution in [0.4, 0.5) is 5.82 Å². The maximum absolute atomic E-state index is 5.71. The monoisotopic (exact) mass is 256 g/mol. The second kappa shape index (κ2) is 6.29. The van der Waals surface area contributed by atoms with Crippen molar-refractivity contribution in [2.75, 3.05) is 12.3 Å². The van der Waals surface area contributed by atoms with Crippen LogP contribution in [0.1, 0.15) is 23.9 Å². The van der Waals surface area contributed by atoms with Crippen LogP contribution < -0.4 is 5.73 Å². The van der Waals surface area contributed by atoms with E-state index in [0.717, 1.165) is 31.0 Å². The first kappa shape index (κ1) is 13.5. The smallest absolute Gasteiger partial charge is 0.123 e. The fourth-order valence-electron chi connectivity index (χ4n) is 2.05. The lowest BCUT2D eigenvalue weighted by molar-refractivity contribution is 0.268. The predicted molar refractivity (Wildman–Crippen MR) is 77.4 cm³/mol. The Morgan fingerprint density at radius 1 is 1.21 bits per heavy atom. The minimum atomic E-state index is 0.572. The Bertz CT molecular complexity index is 492. The van der Waals surface area contributed by atoms with E-state index in [0.29, 0.717) is 5.82 Å². The van der Waals surface area contributed by atoms with Crippen LogP contribution >= 0.6 is 0 Å². The summed E-state index contributed by atoms with van der Waals surface area (Å²) in [4.78, 5) is 10.9. The molecule has 0 atom stereocenters. The highest BCUT2D eigenvalue weighted by Crippen LogP contribution is 2.10. The molecular weight excluding hydrogens is 236 g/mol. The number of aromatic nitrogens is 2. The third-order valence-electron chi connectivity index (χ3n) is 3.03. The SMILES string of the molecule is CCN(Cc1ccnc(N)c1)Cc1cccc(C)n1. The molecule has 4 heteroatoms. The van der Waals surface area contributed by atoms with Crippen LogP contribution in [-0.4, -0.2) is 21.4 Å². The first-order chi connectivity index (χ1) is 9.17. The van der Waals surface area contributed by atoms with Crippen molar-refractivity contribution in [1.29, 1.82) is 0 Å². The molecule has 19 heavy (non-hydrogen) atoms. The van der Waals surface area contributed by atoms with Gasteiger partial charge in [-0.05, 0) is 43.3 Å². The van der Waals surface area contributed by atoms with Gasteiger partial charge in [-0.15, -0.1) is 0 Å². The Hall–Kier alpha value is -1.94. The fourth-order valence-corrected chi connectivity index (χ4v) is 2.05. The molecular formula is C15H20N4. The third kappa shape index (κ3) is 4.03. The first-order valence-electron chi connectivity index (χ1n) is 6.52. The lowest BCUT2D eigenvalue weighted by Gasteiger charge is -2.20. The van der Waals surface area contributed by atoms with Gasteiger partial charge in [0.05, 0.1) is 5.69 Å². The molecule has 2 aromatic heterocycles. The Morgan fingerprint density at radius 3 is 2.74 bits per heavy atom. The van der Waals surface area contributed by atoms with Crippen LogP contribution in [0.3, 0.4) is 0 Å². The number of nitrogen functional groups attached to an aromatic ring is 1. The maximum Gasteiger partial charge on any atom is 0.123 e. The molecule has 0 bridgehead atoms. The standard InChI is InChI=1S/C15H20N4/c1-3-19(10-13-7-8-17-15(16)9-13)11-14-6-4-5-12(2)18-14/h4-9H,3,10-11H2,1-2H3,(H2,16,17). The highest BCUT2D eigenvalue weighted by Gasteiger charge is 2.06. The molecule has 2 N–H and O–H groups in total. The second-order valence-electron chi connectivity index (χ2n) is 4.66. The van der Waals surface area contributed by atoms with Gasteiger partial charge in [-0.2, -0.15) is 0 Å². The largest absolute Gasteiger partial charge is 0.384 e. The van der Waals surface area contributed by atoms with Crippen LogP contribution in [0, 0.1) is 6.92 Å². The highest BCUT2D eigenvalue weighted by molar-refractivity contribution is 5.31. The van der Waals surface area contributed by atoms with Gasteiger partial charge in [0.1, 0.15) is 5.82 Å². The van der Waals surface area contributed by atoms with Gasteiger partial charge in [0.15, 0.2) is 0 Å². The van der Waals surface area contributed by atoms with Gasteiger partial charge in [0, 0.05) is 25.0 Å². The maximum atomic E-state index is 5.71. The lowest BCUT2D eigenvalue weighted by atomic mass is 10.2. The Morgan fingerprint density at radius 2 is 2.05 bits per heavy atom. The number of hydrogen-bond donors (Lipinski definition) is 1. The summed E-state index contributed by atoms with van der Waals surface area (Å²) in [6.07, 6.45) is 1.75. The zero-order chi connectivity index (χ0) is 13.7. The number of hydrogen-bond acceptors (Lipinski definition) is 4. The number of pyridine rings is 2. The molecule has 2 rings (SSSR count). The number of anilines is 1. The molecule has 0 aromatic carbocycles. The van der Waals surface area contributed by atoms with Crippen molar-refractivity contribution < 1.29 is 0 Å². The van der Waals surface area contributed by atoms with Crippen molar-refractivity contribution in [3.63, 3.8) is 0 Å². The molecule has 0 aliphatic heterocycles. The van der Waals surface area contributed by atoms with Crippen LogP contribution in [-0.2, 0) is 13.1 Å². The van der Waals surface area contributed by atoms with E-state index < -0.39 is 0 Å². The zero-order valence-electron chi connectivity index (χ0n) is 11.5. The Balaban J connectivity index is 2.04. The van der Waals surface area contributed by atoms with E-state index in [-0.39, 0.29) is 0 Å². The minimum Gasteiger partial charge on any atom is -0.384 e. The Kier molecular flexibility index (Phi) is 4.47. The van der Waals surface area contributed by atoms with Crippen molar-refractivity contribution in [3.8, 4) is 0 Å². The molecule has 0 aliphatic rings. The molecule has 0 amide bonds. The predicted octanol–water partition coefficient (Wildman–Crippen LogP) is 2.39. The minimum absolute atomic E-state index is 0.572. The fraction of sp³-hybridized carbons (Fsp3) is 0.333. The molecule has 4 nitrogen and oxygen atoms in total. The van der Waals surface area contributed by atoms with Gasteiger partial charge in [0.2, 0.25) is 0 Å². The average molecular weight is 256 g/mol. The molecule has 0 saturated carbocycles. The highest BCUT2D eigenvalue weighted by atomic mass is 15.1. The van der Waals surface area contributed by atoms with Gasteiger partial charge >= 0.3 is 0 Å². The first-order valence-corrected chi connectivity index (χ1v) is 6.52. The molecule has 0 unspecified atom stereocenters.